The van der Waals surface area contributed by atoms with E-state index in [2.05, 4.69) is 19.9 Å². The second-order valence-corrected chi connectivity index (χ2v) is 6.65. The molecule has 15 heavy (non-hydrogen) atoms. The zero-order valence-electron chi connectivity index (χ0n) is 9.29. The molecule has 0 spiro atoms. The van der Waals surface area contributed by atoms with Crippen LogP contribution in [0.15, 0.2) is 12.1 Å². The largest absolute Gasteiger partial charge is 0.321 e. The van der Waals surface area contributed by atoms with Gasteiger partial charge in [-0.3, -0.25) is 0 Å². The third-order valence-electron chi connectivity index (χ3n) is 3.69. The van der Waals surface area contributed by atoms with Crippen molar-refractivity contribution in [3.63, 3.8) is 0 Å². The number of hydrogen-bond donors (Lipinski definition) is 1. The van der Waals surface area contributed by atoms with E-state index in [-0.39, 0.29) is 5.54 Å². The van der Waals surface area contributed by atoms with Gasteiger partial charge in [-0.1, -0.05) is 31.9 Å². The zero-order valence-corrected chi connectivity index (χ0v) is 10.9. The molecule has 2 rings (SSSR count). The second kappa shape index (κ2) is 4.08. The molecule has 1 fully saturated rings. The monoisotopic (exact) mass is 243 g/mol. The second-order valence-electron chi connectivity index (χ2n) is 4.93. The molecule has 0 bridgehead atoms. The molecular weight excluding hydrogens is 226 g/mol. The van der Waals surface area contributed by atoms with Crippen molar-refractivity contribution in [3.05, 3.63) is 21.3 Å². The Morgan fingerprint density at radius 1 is 1.40 bits per heavy atom. The van der Waals surface area contributed by atoms with Gasteiger partial charge in [-0.15, -0.1) is 11.3 Å². The lowest BCUT2D eigenvalue weighted by Gasteiger charge is -2.41. The first-order chi connectivity index (χ1) is 7.02. The van der Waals surface area contributed by atoms with Crippen LogP contribution in [0.2, 0.25) is 4.34 Å². The molecule has 1 aromatic rings. The summed E-state index contributed by atoms with van der Waals surface area (Å²) in [4.78, 5) is 1.26. The highest BCUT2D eigenvalue weighted by atomic mass is 35.5. The highest BCUT2D eigenvalue weighted by molar-refractivity contribution is 7.16. The minimum absolute atomic E-state index is 0.143. The van der Waals surface area contributed by atoms with Crippen LogP contribution in [-0.2, 0) is 5.54 Å². The van der Waals surface area contributed by atoms with E-state index in [1.165, 1.54) is 17.7 Å². The van der Waals surface area contributed by atoms with Crippen molar-refractivity contribution >= 4 is 22.9 Å². The molecule has 2 N–H and O–H groups in total. The molecule has 0 amide bonds. The van der Waals surface area contributed by atoms with Crippen molar-refractivity contribution in [2.75, 3.05) is 0 Å². The van der Waals surface area contributed by atoms with E-state index in [1.54, 1.807) is 11.3 Å². The first kappa shape index (κ1) is 11.4. The van der Waals surface area contributed by atoms with E-state index in [9.17, 15) is 0 Å². The van der Waals surface area contributed by atoms with Gasteiger partial charge in [-0.05, 0) is 36.8 Å². The van der Waals surface area contributed by atoms with Gasteiger partial charge in [0.05, 0.1) is 9.88 Å². The van der Waals surface area contributed by atoms with Gasteiger partial charge in [0.1, 0.15) is 0 Å². The van der Waals surface area contributed by atoms with E-state index in [0.717, 1.165) is 16.7 Å². The van der Waals surface area contributed by atoms with Gasteiger partial charge < -0.3 is 5.73 Å². The highest BCUT2D eigenvalue weighted by Gasteiger charge is 2.39. The molecule has 0 saturated heterocycles. The van der Waals surface area contributed by atoms with Crippen LogP contribution >= 0.6 is 22.9 Å². The molecule has 0 radical (unpaired) electrons. The fourth-order valence-corrected chi connectivity index (χ4v) is 3.85. The first-order valence-corrected chi connectivity index (χ1v) is 6.76. The van der Waals surface area contributed by atoms with Crippen LogP contribution in [0.25, 0.3) is 0 Å². The highest BCUT2D eigenvalue weighted by Crippen LogP contribution is 2.44. The summed E-state index contributed by atoms with van der Waals surface area (Å²) in [5.74, 6) is 1.29. The van der Waals surface area contributed by atoms with Gasteiger partial charge in [-0.2, -0.15) is 0 Å². The summed E-state index contributed by atoms with van der Waals surface area (Å²) in [6, 6.07) is 4.06. The van der Waals surface area contributed by atoms with E-state index >= 15 is 0 Å². The predicted molar refractivity (Wildman–Crippen MR) is 67.4 cm³/mol. The maximum Gasteiger partial charge on any atom is 0.0931 e. The van der Waals surface area contributed by atoms with Crippen LogP contribution in [0.3, 0.4) is 0 Å². The summed E-state index contributed by atoms with van der Waals surface area (Å²) in [7, 11) is 0. The van der Waals surface area contributed by atoms with Crippen molar-refractivity contribution in [2.24, 2.45) is 17.6 Å². The number of hydrogen-bond acceptors (Lipinski definition) is 2. The van der Waals surface area contributed by atoms with Crippen molar-refractivity contribution in [1.29, 1.82) is 0 Å². The van der Waals surface area contributed by atoms with Gasteiger partial charge in [0.2, 0.25) is 0 Å². The lowest BCUT2D eigenvalue weighted by Crippen LogP contribution is -2.46. The number of thiophene rings is 1. The SMILES string of the molecule is CC1CCC(C)C(N)(c2ccc(Cl)s2)C1. The Morgan fingerprint density at radius 3 is 2.73 bits per heavy atom. The van der Waals surface area contributed by atoms with Gasteiger partial charge >= 0.3 is 0 Å². The van der Waals surface area contributed by atoms with Crippen LogP contribution in [0, 0.1) is 11.8 Å². The number of nitrogens with two attached hydrogens (primary N) is 1. The van der Waals surface area contributed by atoms with E-state index in [1.807, 2.05) is 6.07 Å². The molecule has 3 unspecified atom stereocenters. The van der Waals surface area contributed by atoms with Crippen molar-refractivity contribution < 1.29 is 0 Å². The smallest absolute Gasteiger partial charge is 0.0931 e. The molecule has 1 nitrogen and oxygen atoms in total. The van der Waals surface area contributed by atoms with Gasteiger partial charge in [-0.25, -0.2) is 0 Å². The molecule has 1 aliphatic carbocycles. The van der Waals surface area contributed by atoms with Crippen LogP contribution < -0.4 is 5.73 Å². The van der Waals surface area contributed by atoms with E-state index in [4.69, 9.17) is 17.3 Å². The van der Waals surface area contributed by atoms with Crippen LogP contribution in [-0.4, -0.2) is 0 Å². The Hall–Kier alpha value is -0.0500. The van der Waals surface area contributed by atoms with Gasteiger partial charge in [0, 0.05) is 4.88 Å². The Bertz CT molecular complexity index is 349. The fourth-order valence-electron chi connectivity index (χ4n) is 2.58. The van der Waals surface area contributed by atoms with Crippen molar-refractivity contribution in [3.8, 4) is 0 Å². The first-order valence-electron chi connectivity index (χ1n) is 5.57. The number of halogens is 1. The minimum atomic E-state index is -0.143. The quantitative estimate of drug-likeness (QED) is 0.793. The van der Waals surface area contributed by atoms with Gasteiger partial charge in [0.25, 0.3) is 0 Å². The fraction of sp³-hybridized carbons (Fsp3) is 0.667. The molecule has 1 saturated carbocycles. The van der Waals surface area contributed by atoms with Crippen molar-refractivity contribution in [1.82, 2.24) is 0 Å². The molecule has 3 heteroatoms. The van der Waals surface area contributed by atoms with Gasteiger partial charge in [0.15, 0.2) is 0 Å². The molecule has 1 aromatic heterocycles. The van der Waals surface area contributed by atoms with E-state index < -0.39 is 0 Å². The summed E-state index contributed by atoms with van der Waals surface area (Å²) in [6.07, 6.45) is 3.62. The minimum Gasteiger partial charge on any atom is -0.321 e. The average Bonchev–Trinajstić information content (AvgIpc) is 2.59. The Kier molecular flexibility index (Phi) is 3.11. The predicted octanol–water partition coefficient (Wildman–Crippen LogP) is 4.01. The third kappa shape index (κ3) is 2.08. The molecule has 1 aliphatic rings. The molecule has 84 valence electrons. The molecule has 1 heterocycles. The maximum absolute atomic E-state index is 6.58. The Morgan fingerprint density at radius 2 is 2.13 bits per heavy atom. The molecule has 0 aliphatic heterocycles. The number of rotatable bonds is 1. The lowest BCUT2D eigenvalue weighted by molar-refractivity contribution is 0.165. The topological polar surface area (TPSA) is 26.0 Å². The summed E-state index contributed by atoms with van der Waals surface area (Å²) in [6.45, 7) is 4.56. The summed E-state index contributed by atoms with van der Waals surface area (Å²) >= 11 is 7.63. The molecule has 0 aromatic carbocycles. The van der Waals surface area contributed by atoms with Crippen LogP contribution in [0.4, 0.5) is 0 Å². The standard InChI is InChI=1S/C12H18ClNS/c1-8-3-4-9(2)12(14,7-8)10-5-6-11(13)15-10/h5-6,8-9H,3-4,7,14H2,1-2H3. The maximum atomic E-state index is 6.58. The Balaban J connectivity index is 2.30. The molecule has 3 atom stereocenters. The van der Waals surface area contributed by atoms with Crippen molar-refractivity contribution in [2.45, 2.75) is 38.6 Å². The lowest BCUT2D eigenvalue weighted by atomic mass is 9.69. The van der Waals surface area contributed by atoms with Crippen LogP contribution in [0.5, 0.6) is 0 Å². The Labute approximate surface area is 101 Å². The zero-order chi connectivity index (χ0) is 11.1. The third-order valence-corrected chi connectivity index (χ3v) is 5.11. The summed E-state index contributed by atoms with van der Waals surface area (Å²) < 4.78 is 0.847. The van der Waals surface area contributed by atoms with Crippen LogP contribution in [0.1, 0.15) is 38.0 Å². The summed E-state index contributed by atoms with van der Waals surface area (Å²) in [5.41, 5.74) is 6.44. The average molecular weight is 244 g/mol. The summed E-state index contributed by atoms with van der Waals surface area (Å²) in [5, 5.41) is 0. The van der Waals surface area contributed by atoms with E-state index in [0.29, 0.717) is 5.92 Å². The molecular formula is C12H18ClNS. The normalized spacial score (nSPS) is 36.8.